The SMILES string of the molecule is O=C(NCCO)c1cc(I)c(F)cc1F. The number of aliphatic hydroxyl groups is 1. The highest BCUT2D eigenvalue weighted by atomic mass is 127. The predicted octanol–water partition coefficient (Wildman–Crippen LogP) is 1.29. The Bertz CT molecular complexity index is 385. The van der Waals surface area contributed by atoms with Crippen LogP contribution < -0.4 is 5.32 Å². The van der Waals surface area contributed by atoms with Gasteiger partial charge in [-0.1, -0.05) is 0 Å². The highest BCUT2D eigenvalue weighted by molar-refractivity contribution is 14.1. The molecule has 1 rings (SSSR count). The molecule has 0 bridgehead atoms. The Balaban J connectivity index is 2.94. The molecular formula is C9H8F2INO2. The summed E-state index contributed by atoms with van der Waals surface area (Å²) in [6.45, 7) is -0.197. The van der Waals surface area contributed by atoms with Gasteiger partial charge in [-0.25, -0.2) is 8.78 Å². The molecule has 1 aromatic rings. The quantitative estimate of drug-likeness (QED) is 0.649. The number of carbonyl (C=O) groups is 1. The van der Waals surface area contributed by atoms with Gasteiger partial charge in [0, 0.05) is 16.2 Å². The summed E-state index contributed by atoms with van der Waals surface area (Å²) >= 11 is 1.67. The summed E-state index contributed by atoms with van der Waals surface area (Å²) in [6, 6.07) is 1.79. The number of benzene rings is 1. The molecule has 0 aliphatic heterocycles. The Hall–Kier alpha value is -0.760. The summed E-state index contributed by atoms with van der Waals surface area (Å²) < 4.78 is 26.2. The van der Waals surface area contributed by atoms with E-state index in [9.17, 15) is 13.6 Å². The zero-order valence-corrected chi connectivity index (χ0v) is 9.72. The Morgan fingerprint density at radius 2 is 2.07 bits per heavy atom. The van der Waals surface area contributed by atoms with Crippen LogP contribution in [0.1, 0.15) is 10.4 Å². The van der Waals surface area contributed by atoms with Crippen LogP contribution in [0.15, 0.2) is 12.1 Å². The second-order valence-corrected chi connectivity index (χ2v) is 3.89. The van der Waals surface area contributed by atoms with E-state index in [-0.39, 0.29) is 22.3 Å². The van der Waals surface area contributed by atoms with E-state index in [1.807, 2.05) is 0 Å². The third-order valence-corrected chi connectivity index (χ3v) is 2.48. The highest BCUT2D eigenvalue weighted by Crippen LogP contribution is 2.16. The molecule has 3 nitrogen and oxygen atoms in total. The van der Waals surface area contributed by atoms with Crippen LogP contribution in [0.4, 0.5) is 8.78 Å². The molecule has 82 valence electrons. The minimum Gasteiger partial charge on any atom is -0.395 e. The van der Waals surface area contributed by atoms with E-state index in [1.54, 1.807) is 22.6 Å². The molecule has 0 atom stereocenters. The molecule has 6 heteroatoms. The van der Waals surface area contributed by atoms with E-state index in [0.717, 1.165) is 6.07 Å². The summed E-state index contributed by atoms with van der Waals surface area (Å²) in [4.78, 5) is 11.3. The molecular weight excluding hydrogens is 319 g/mol. The lowest BCUT2D eigenvalue weighted by atomic mass is 10.2. The topological polar surface area (TPSA) is 49.3 Å². The summed E-state index contributed by atoms with van der Waals surface area (Å²) in [7, 11) is 0. The van der Waals surface area contributed by atoms with Gasteiger partial charge in [-0.15, -0.1) is 0 Å². The number of rotatable bonds is 3. The second kappa shape index (κ2) is 5.36. The fourth-order valence-corrected chi connectivity index (χ4v) is 1.43. The first kappa shape index (κ1) is 12.3. The molecule has 0 aromatic heterocycles. The number of hydrogen-bond donors (Lipinski definition) is 2. The monoisotopic (exact) mass is 327 g/mol. The van der Waals surface area contributed by atoms with Crippen molar-refractivity contribution in [3.05, 3.63) is 32.9 Å². The average Bonchev–Trinajstić information content (AvgIpc) is 2.20. The highest BCUT2D eigenvalue weighted by Gasteiger charge is 2.14. The van der Waals surface area contributed by atoms with Gasteiger partial charge in [0.05, 0.1) is 12.2 Å². The summed E-state index contributed by atoms with van der Waals surface area (Å²) in [5.74, 6) is -2.28. The molecule has 0 saturated carbocycles. The van der Waals surface area contributed by atoms with Crippen LogP contribution in [0, 0.1) is 15.2 Å². The molecule has 0 saturated heterocycles. The Labute approximate surface area is 98.6 Å². The molecule has 0 spiro atoms. The van der Waals surface area contributed by atoms with Gasteiger partial charge in [-0.2, -0.15) is 0 Å². The van der Waals surface area contributed by atoms with Crippen LogP contribution >= 0.6 is 22.6 Å². The first-order valence-corrected chi connectivity index (χ1v) is 5.17. The normalized spacial score (nSPS) is 10.1. The van der Waals surface area contributed by atoms with Crippen molar-refractivity contribution in [3.8, 4) is 0 Å². The van der Waals surface area contributed by atoms with Crippen LogP contribution in [0.3, 0.4) is 0 Å². The molecule has 0 aliphatic carbocycles. The van der Waals surface area contributed by atoms with Gasteiger partial charge in [0.25, 0.3) is 5.91 Å². The largest absolute Gasteiger partial charge is 0.395 e. The molecule has 15 heavy (non-hydrogen) atoms. The molecule has 0 fully saturated rings. The Morgan fingerprint density at radius 1 is 1.40 bits per heavy atom. The van der Waals surface area contributed by atoms with E-state index < -0.39 is 17.5 Å². The molecule has 0 aliphatic rings. The zero-order chi connectivity index (χ0) is 11.4. The fourth-order valence-electron chi connectivity index (χ4n) is 0.961. The van der Waals surface area contributed by atoms with Crippen LogP contribution in [0.2, 0.25) is 0 Å². The van der Waals surface area contributed by atoms with Crippen LogP contribution in [0.5, 0.6) is 0 Å². The van der Waals surface area contributed by atoms with Crippen molar-refractivity contribution in [1.82, 2.24) is 5.32 Å². The second-order valence-electron chi connectivity index (χ2n) is 2.73. The van der Waals surface area contributed by atoms with Gasteiger partial charge in [-0.05, 0) is 28.7 Å². The van der Waals surface area contributed by atoms with Gasteiger partial charge >= 0.3 is 0 Å². The van der Waals surface area contributed by atoms with Gasteiger partial charge < -0.3 is 10.4 Å². The first-order chi connectivity index (χ1) is 7.06. The van der Waals surface area contributed by atoms with Gasteiger partial charge in [-0.3, -0.25) is 4.79 Å². The molecule has 0 unspecified atom stereocenters. The van der Waals surface area contributed by atoms with Gasteiger partial charge in [0.1, 0.15) is 11.6 Å². The lowest BCUT2D eigenvalue weighted by molar-refractivity contribution is 0.0940. The summed E-state index contributed by atoms with van der Waals surface area (Å²) in [6.07, 6.45) is 0. The Kier molecular flexibility index (Phi) is 4.40. The van der Waals surface area contributed by atoms with E-state index in [4.69, 9.17) is 5.11 Å². The minimum absolute atomic E-state index is 0.0340. The number of halogens is 3. The van der Waals surface area contributed by atoms with Crippen molar-refractivity contribution in [2.45, 2.75) is 0 Å². The number of aliphatic hydroxyl groups excluding tert-OH is 1. The molecule has 0 heterocycles. The van der Waals surface area contributed by atoms with Crippen molar-refractivity contribution in [3.63, 3.8) is 0 Å². The van der Waals surface area contributed by atoms with Crippen LogP contribution in [-0.2, 0) is 0 Å². The third kappa shape index (κ3) is 3.10. The minimum atomic E-state index is -0.914. The number of nitrogens with one attached hydrogen (secondary N) is 1. The zero-order valence-electron chi connectivity index (χ0n) is 7.56. The summed E-state index contributed by atoms with van der Waals surface area (Å²) in [5, 5.41) is 10.7. The van der Waals surface area contributed by atoms with Crippen molar-refractivity contribution < 1.29 is 18.7 Å². The van der Waals surface area contributed by atoms with Crippen LogP contribution in [0.25, 0.3) is 0 Å². The Morgan fingerprint density at radius 3 is 2.67 bits per heavy atom. The maximum Gasteiger partial charge on any atom is 0.254 e. The third-order valence-electron chi connectivity index (χ3n) is 1.65. The number of amides is 1. The van der Waals surface area contributed by atoms with Crippen molar-refractivity contribution >= 4 is 28.5 Å². The standard InChI is InChI=1S/C9H8F2INO2/c10-6-4-7(11)8(12)3-5(6)9(15)13-1-2-14/h3-4,14H,1-2H2,(H,13,15). The van der Waals surface area contributed by atoms with E-state index in [2.05, 4.69) is 5.32 Å². The van der Waals surface area contributed by atoms with E-state index in [0.29, 0.717) is 6.07 Å². The number of carbonyl (C=O) groups excluding carboxylic acids is 1. The van der Waals surface area contributed by atoms with Crippen molar-refractivity contribution in [2.75, 3.05) is 13.2 Å². The fraction of sp³-hybridized carbons (Fsp3) is 0.222. The van der Waals surface area contributed by atoms with Crippen LogP contribution in [-0.4, -0.2) is 24.2 Å². The first-order valence-electron chi connectivity index (χ1n) is 4.10. The smallest absolute Gasteiger partial charge is 0.254 e. The molecule has 0 radical (unpaired) electrons. The molecule has 2 N–H and O–H groups in total. The average molecular weight is 327 g/mol. The molecule has 1 aromatic carbocycles. The van der Waals surface area contributed by atoms with E-state index >= 15 is 0 Å². The van der Waals surface area contributed by atoms with Crippen molar-refractivity contribution in [2.24, 2.45) is 0 Å². The maximum absolute atomic E-state index is 13.1. The van der Waals surface area contributed by atoms with Gasteiger partial charge in [0.15, 0.2) is 0 Å². The predicted molar refractivity (Wildman–Crippen MR) is 58.5 cm³/mol. The van der Waals surface area contributed by atoms with E-state index in [1.165, 1.54) is 0 Å². The molecule has 1 amide bonds. The number of hydrogen-bond acceptors (Lipinski definition) is 2. The lowest BCUT2D eigenvalue weighted by Gasteiger charge is -2.05. The van der Waals surface area contributed by atoms with Gasteiger partial charge in [0.2, 0.25) is 0 Å². The summed E-state index contributed by atoms with van der Waals surface area (Å²) in [5.41, 5.74) is -0.228. The van der Waals surface area contributed by atoms with Crippen molar-refractivity contribution in [1.29, 1.82) is 0 Å². The maximum atomic E-state index is 13.1. The lowest BCUT2D eigenvalue weighted by Crippen LogP contribution is -2.27.